The molecule has 0 amide bonds. The first-order valence-corrected chi connectivity index (χ1v) is 5.08. The van der Waals surface area contributed by atoms with Gasteiger partial charge in [-0.25, -0.2) is 0 Å². The molecule has 0 rings (SSSR count). The largest absolute Gasteiger partial charge is 0.395 e. The highest BCUT2D eigenvalue weighted by Crippen LogP contribution is 1.96. The summed E-state index contributed by atoms with van der Waals surface area (Å²) < 4.78 is 4.95. The fourth-order valence-corrected chi connectivity index (χ4v) is 1.09. The smallest absolute Gasteiger partial charge is 0.0638 e. The second-order valence-corrected chi connectivity index (χ2v) is 4.47. The van der Waals surface area contributed by atoms with Gasteiger partial charge in [0.2, 0.25) is 0 Å². The topological polar surface area (TPSA) is 53.5 Å². The molecular weight excluding hydrogens is 180 g/mol. The number of aliphatic hydroxyl groups is 1. The zero-order valence-electron chi connectivity index (χ0n) is 9.76. The number of nitrogens with one attached hydrogen (secondary N) is 2. The second-order valence-electron chi connectivity index (χ2n) is 4.47. The van der Waals surface area contributed by atoms with Crippen LogP contribution in [-0.4, -0.2) is 50.1 Å². The predicted molar refractivity (Wildman–Crippen MR) is 58.5 cm³/mol. The lowest BCUT2D eigenvalue weighted by atomic mass is 10.1. The number of hydrogen-bond donors (Lipinski definition) is 3. The lowest BCUT2D eigenvalue weighted by molar-refractivity contribution is 0.128. The molecule has 0 saturated heterocycles. The molecule has 0 spiro atoms. The van der Waals surface area contributed by atoms with Crippen molar-refractivity contribution < 1.29 is 9.84 Å². The van der Waals surface area contributed by atoms with Crippen LogP contribution in [0.4, 0.5) is 0 Å². The average molecular weight is 204 g/mol. The molecule has 1 unspecified atom stereocenters. The maximum absolute atomic E-state index is 8.95. The van der Waals surface area contributed by atoms with Gasteiger partial charge in [0.15, 0.2) is 0 Å². The van der Waals surface area contributed by atoms with Crippen molar-refractivity contribution >= 4 is 0 Å². The minimum absolute atomic E-state index is 0.0433. The molecular formula is C10H24N2O2. The number of ether oxygens (including phenoxy) is 1. The third-order valence-electron chi connectivity index (χ3n) is 1.80. The van der Waals surface area contributed by atoms with E-state index in [1.807, 2.05) is 0 Å². The Kier molecular flexibility index (Phi) is 7.09. The van der Waals surface area contributed by atoms with Crippen molar-refractivity contribution in [2.75, 3.05) is 33.4 Å². The fourth-order valence-electron chi connectivity index (χ4n) is 1.09. The standard InChI is InChI=1S/C10H24N2O2/c1-10(2,3)12-6-5-11-9(7-13)8-14-4/h9,11-13H,5-8H2,1-4H3. The van der Waals surface area contributed by atoms with E-state index >= 15 is 0 Å². The average Bonchev–Trinajstić information content (AvgIpc) is 2.08. The van der Waals surface area contributed by atoms with Crippen LogP contribution in [0.25, 0.3) is 0 Å². The van der Waals surface area contributed by atoms with E-state index in [-0.39, 0.29) is 18.2 Å². The molecule has 0 aliphatic heterocycles. The van der Waals surface area contributed by atoms with Crippen molar-refractivity contribution in [3.63, 3.8) is 0 Å². The molecule has 0 saturated carbocycles. The van der Waals surface area contributed by atoms with Gasteiger partial charge in [0, 0.05) is 25.7 Å². The van der Waals surface area contributed by atoms with Crippen LogP contribution in [0.2, 0.25) is 0 Å². The lowest BCUT2D eigenvalue weighted by Crippen LogP contribution is -2.44. The Morgan fingerprint density at radius 2 is 1.93 bits per heavy atom. The minimum Gasteiger partial charge on any atom is -0.395 e. The van der Waals surface area contributed by atoms with Crippen LogP contribution >= 0.6 is 0 Å². The summed E-state index contributed by atoms with van der Waals surface area (Å²) in [6.07, 6.45) is 0. The Morgan fingerprint density at radius 3 is 2.36 bits per heavy atom. The highest BCUT2D eigenvalue weighted by atomic mass is 16.5. The van der Waals surface area contributed by atoms with Gasteiger partial charge in [0.1, 0.15) is 0 Å². The molecule has 0 fully saturated rings. The Bertz CT molecular complexity index is 135. The molecule has 0 heterocycles. The molecule has 0 aliphatic rings. The molecule has 3 N–H and O–H groups in total. The van der Waals surface area contributed by atoms with E-state index in [1.54, 1.807) is 7.11 Å². The maximum Gasteiger partial charge on any atom is 0.0638 e. The van der Waals surface area contributed by atoms with Crippen molar-refractivity contribution in [2.24, 2.45) is 0 Å². The third-order valence-corrected chi connectivity index (χ3v) is 1.80. The van der Waals surface area contributed by atoms with E-state index in [0.717, 1.165) is 13.1 Å². The summed E-state index contributed by atoms with van der Waals surface area (Å²) in [5.74, 6) is 0. The SMILES string of the molecule is COCC(CO)NCCNC(C)(C)C. The van der Waals surface area contributed by atoms with E-state index in [1.165, 1.54) is 0 Å². The van der Waals surface area contributed by atoms with Crippen LogP contribution in [0.5, 0.6) is 0 Å². The first-order valence-electron chi connectivity index (χ1n) is 5.08. The fraction of sp³-hybridized carbons (Fsp3) is 1.00. The maximum atomic E-state index is 8.95. The zero-order valence-corrected chi connectivity index (χ0v) is 9.76. The molecule has 0 radical (unpaired) electrons. The van der Waals surface area contributed by atoms with Gasteiger partial charge in [0.25, 0.3) is 0 Å². The molecule has 86 valence electrons. The van der Waals surface area contributed by atoms with E-state index in [0.29, 0.717) is 6.61 Å². The van der Waals surface area contributed by atoms with Crippen molar-refractivity contribution in [2.45, 2.75) is 32.4 Å². The summed E-state index contributed by atoms with van der Waals surface area (Å²) >= 11 is 0. The van der Waals surface area contributed by atoms with Gasteiger partial charge in [-0.1, -0.05) is 0 Å². The Labute approximate surface area is 87.0 Å². The summed E-state index contributed by atoms with van der Waals surface area (Å²) in [7, 11) is 1.64. The van der Waals surface area contributed by atoms with Crippen LogP contribution < -0.4 is 10.6 Å². The van der Waals surface area contributed by atoms with Gasteiger partial charge in [-0.2, -0.15) is 0 Å². The second kappa shape index (κ2) is 7.17. The molecule has 0 aromatic carbocycles. The van der Waals surface area contributed by atoms with Crippen LogP contribution in [0.15, 0.2) is 0 Å². The number of rotatable bonds is 7. The normalized spacial score (nSPS) is 14.4. The van der Waals surface area contributed by atoms with E-state index in [4.69, 9.17) is 9.84 Å². The van der Waals surface area contributed by atoms with Crippen molar-refractivity contribution in [1.29, 1.82) is 0 Å². The van der Waals surface area contributed by atoms with Crippen LogP contribution in [0, 0.1) is 0 Å². The van der Waals surface area contributed by atoms with E-state index in [9.17, 15) is 0 Å². The third kappa shape index (κ3) is 8.44. The zero-order chi connectivity index (χ0) is 11.0. The summed E-state index contributed by atoms with van der Waals surface area (Å²) in [5, 5.41) is 15.5. The first kappa shape index (κ1) is 13.8. The predicted octanol–water partition coefficient (Wildman–Crippen LogP) is -0.0286. The molecule has 1 atom stereocenters. The van der Waals surface area contributed by atoms with Crippen molar-refractivity contribution in [3.8, 4) is 0 Å². The van der Waals surface area contributed by atoms with Crippen molar-refractivity contribution in [1.82, 2.24) is 10.6 Å². The summed E-state index contributed by atoms with van der Waals surface area (Å²) in [5.41, 5.74) is 0.150. The van der Waals surface area contributed by atoms with Gasteiger partial charge < -0.3 is 20.5 Å². The van der Waals surface area contributed by atoms with Crippen LogP contribution in [0.3, 0.4) is 0 Å². The Balaban J connectivity index is 3.42. The monoisotopic (exact) mass is 204 g/mol. The van der Waals surface area contributed by atoms with Gasteiger partial charge in [-0.3, -0.25) is 0 Å². The van der Waals surface area contributed by atoms with Gasteiger partial charge in [-0.05, 0) is 20.8 Å². The van der Waals surface area contributed by atoms with E-state index in [2.05, 4.69) is 31.4 Å². The van der Waals surface area contributed by atoms with Gasteiger partial charge in [-0.15, -0.1) is 0 Å². The summed E-state index contributed by atoms with van der Waals surface area (Å²) in [4.78, 5) is 0. The number of aliphatic hydroxyl groups excluding tert-OH is 1. The quantitative estimate of drug-likeness (QED) is 0.510. The molecule has 0 aromatic heterocycles. The highest BCUT2D eigenvalue weighted by Gasteiger charge is 2.09. The molecule has 14 heavy (non-hydrogen) atoms. The minimum atomic E-state index is 0.0433. The number of hydrogen-bond acceptors (Lipinski definition) is 4. The van der Waals surface area contributed by atoms with Gasteiger partial charge >= 0.3 is 0 Å². The summed E-state index contributed by atoms with van der Waals surface area (Å²) in [6, 6.07) is 0.0433. The molecule has 0 aromatic rings. The van der Waals surface area contributed by atoms with Gasteiger partial charge in [0.05, 0.1) is 19.3 Å². The van der Waals surface area contributed by atoms with Crippen LogP contribution in [0.1, 0.15) is 20.8 Å². The lowest BCUT2D eigenvalue weighted by Gasteiger charge is -2.22. The van der Waals surface area contributed by atoms with Crippen LogP contribution in [-0.2, 0) is 4.74 Å². The number of methoxy groups -OCH3 is 1. The summed E-state index contributed by atoms with van der Waals surface area (Å²) in [6.45, 7) is 8.79. The van der Waals surface area contributed by atoms with Crippen molar-refractivity contribution in [3.05, 3.63) is 0 Å². The van der Waals surface area contributed by atoms with E-state index < -0.39 is 0 Å². The Morgan fingerprint density at radius 1 is 1.29 bits per heavy atom. The molecule has 0 bridgehead atoms. The first-order chi connectivity index (χ1) is 6.49. The molecule has 0 aliphatic carbocycles. The molecule has 4 heteroatoms. The highest BCUT2D eigenvalue weighted by molar-refractivity contribution is 4.72. The molecule has 4 nitrogen and oxygen atoms in total. The Hall–Kier alpha value is -0.160.